The largest absolute Gasteiger partial charge is 0.313 e. The van der Waals surface area contributed by atoms with Gasteiger partial charge in [-0.2, -0.15) is 0 Å². The maximum absolute atomic E-state index is 3.62. The van der Waals surface area contributed by atoms with Gasteiger partial charge in [0.2, 0.25) is 0 Å². The Bertz CT molecular complexity index is 117. The predicted octanol–water partition coefficient (Wildman–Crippen LogP) is 1.93. The molecule has 1 N–H and O–H groups in total. The van der Waals surface area contributed by atoms with Crippen molar-refractivity contribution in [3.05, 3.63) is 0 Å². The molecule has 1 nitrogen and oxygen atoms in total. The first-order valence-corrected chi connectivity index (χ1v) is 4.52. The molecule has 2 saturated heterocycles. The molecule has 3 rings (SSSR count). The number of rotatable bonds is 0. The maximum Gasteiger partial charge on any atom is 0.00675 e. The van der Waals surface area contributed by atoms with Gasteiger partial charge in [0.1, 0.15) is 0 Å². The van der Waals surface area contributed by atoms with Crippen molar-refractivity contribution >= 4 is 0 Å². The molecule has 0 aromatic heterocycles. The summed E-state index contributed by atoms with van der Waals surface area (Å²) in [5, 5.41) is 3.62. The van der Waals surface area contributed by atoms with Crippen LogP contribution in [-0.4, -0.2) is 12.6 Å². The highest BCUT2D eigenvalue weighted by Gasteiger charge is 2.33. The molecule has 2 atom stereocenters. The van der Waals surface area contributed by atoms with Crippen LogP contribution in [-0.2, 0) is 0 Å². The molecule has 0 radical (unpaired) electrons. The van der Waals surface area contributed by atoms with Gasteiger partial charge in [0.15, 0.2) is 0 Å². The Morgan fingerprint density at radius 2 is 2.20 bits per heavy atom. The predicted molar refractivity (Wildman–Crippen MR) is 43.0 cm³/mol. The van der Waals surface area contributed by atoms with Gasteiger partial charge < -0.3 is 5.32 Å². The first kappa shape index (κ1) is 6.66. The van der Waals surface area contributed by atoms with E-state index in [9.17, 15) is 0 Å². The number of nitrogens with one attached hydrogen (secondary N) is 1. The van der Waals surface area contributed by atoms with Gasteiger partial charge in [-0.15, -0.1) is 0 Å². The topological polar surface area (TPSA) is 12.0 Å². The Labute approximate surface area is 63.2 Å². The lowest BCUT2D eigenvalue weighted by atomic mass is 9.81. The van der Waals surface area contributed by atoms with E-state index in [4.69, 9.17) is 0 Å². The highest BCUT2D eigenvalue weighted by Crippen LogP contribution is 2.37. The minimum absolute atomic E-state index is 0.660. The molecule has 10 heavy (non-hydrogen) atoms. The Morgan fingerprint density at radius 3 is 2.90 bits per heavy atom. The molecule has 1 saturated carbocycles. The third-order valence-electron chi connectivity index (χ3n) is 3.25. The van der Waals surface area contributed by atoms with E-state index in [-0.39, 0.29) is 0 Å². The van der Waals surface area contributed by atoms with Crippen LogP contribution in [0.3, 0.4) is 0 Å². The van der Waals surface area contributed by atoms with Crippen LogP contribution in [0.25, 0.3) is 0 Å². The summed E-state index contributed by atoms with van der Waals surface area (Å²) in [6, 6.07) is 0.871. The molecule has 2 bridgehead atoms. The smallest absolute Gasteiger partial charge is 0.00675 e. The molecule has 1 heteroatoms. The van der Waals surface area contributed by atoms with Gasteiger partial charge in [0, 0.05) is 12.6 Å². The summed E-state index contributed by atoms with van der Waals surface area (Å²) < 4.78 is 0. The number of piperidine rings is 1. The van der Waals surface area contributed by atoms with Gasteiger partial charge in [0.25, 0.3) is 0 Å². The third kappa shape index (κ3) is 1.07. The van der Waals surface area contributed by atoms with Crippen LogP contribution in [0.5, 0.6) is 0 Å². The zero-order chi connectivity index (χ0) is 7.03. The van der Waals surface area contributed by atoms with Gasteiger partial charge in [-0.05, 0) is 31.1 Å². The van der Waals surface area contributed by atoms with E-state index in [1.54, 1.807) is 0 Å². The van der Waals surface area contributed by atoms with Crippen LogP contribution in [0.4, 0.5) is 0 Å². The summed E-state index contributed by atoms with van der Waals surface area (Å²) in [5.41, 5.74) is 0.660. The van der Waals surface area contributed by atoms with Crippen molar-refractivity contribution in [3.8, 4) is 0 Å². The van der Waals surface area contributed by atoms with Crippen LogP contribution in [0, 0.1) is 5.41 Å². The Hall–Kier alpha value is -0.0400. The zero-order valence-corrected chi connectivity index (χ0v) is 6.82. The zero-order valence-electron chi connectivity index (χ0n) is 6.82. The van der Waals surface area contributed by atoms with Gasteiger partial charge >= 0.3 is 0 Å². The minimum Gasteiger partial charge on any atom is -0.313 e. The fourth-order valence-electron chi connectivity index (χ4n) is 2.34. The fraction of sp³-hybridized carbons (Fsp3) is 1.00. The molecule has 3 aliphatic rings. The van der Waals surface area contributed by atoms with Gasteiger partial charge in [-0.1, -0.05) is 13.3 Å². The van der Waals surface area contributed by atoms with E-state index >= 15 is 0 Å². The SMILES string of the molecule is CC12CCCC(CC1)NC2. The quantitative estimate of drug-likeness (QED) is 0.540. The average molecular weight is 139 g/mol. The fourth-order valence-corrected chi connectivity index (χ4v) is 2.34. The molecule has 3 fully saturated rings. The lowest BCUT2D eigenvalue weighted by Crippen LogP contribution is -2.41. The molecule has 0 aromatic rings. The van der Waals surface area contributed by atoms with Gasteiger partial charge in [-0.25, -0.2) is 0 Å². The molecule has 58 valence electrons. The molecular formula is C9H17N. The van der Waals surface area contributed by atoms with Crippen LogP contribution < -0.4 is 5.32 Å². The van der Waals surface area contributed by atoms with E-state index in [0.717, 1.165) is 6.04 Å². The van der Waals surface area contributed by atoms with Crippen molar-refractivity contribution in [2.75, 3.05) is 6.54 Å². The molecule has 2 aliphatic heterocycles. The first-order valence-electron chi connectivity index (χ1n) is 4.52. The number of hydrogen-bond acceptors (Lipinski definition) is 1. The molecule has 0 amide bonds. The van der Waals surface area contributed by atoms with Crippen molar-refractivity contribution in [2.24, 2.45) is 5.41 Å². The standard InChI is InChI=1S/C9H17N/c1-9-5-2-3-8(4-6-9)10-7-9/h8,10H,2-7H2,1H3. The summed E-state index contributed by atoms with van der Waals surface area (Å²) in [5.74, 6) is 0. The first-order chi connectivity index (χ1) is 4.79. The monoisotopic (exact) mass is 139 g/mol. The summed E-state index contributed by atoms with van der Waals surface area (Å²) >= 11 is 0. The van der Waals surface area contributed by atoms with Crippen LogP contribution in [0.2, 0.25) is 0 Å². The Morgan fingerprint density at radius 1 is 1.30 bits per heavy atom. The van der Waals surface area contributed by atoms with Crippen LogP contribution >= 0.6 is 0 Å². The van der Waals surface area contributed by atoms with Crippen molar-refractivity contribution in [2.45, 2.75) is 45.1 Å². The van der Waals surface area contributed by atoms with E-state index in [2.05, 4.69) is 12.2 Å². The molecule has 0 spiro atoms. The second-order valence-corrected chi connectivity index (χ2v) is 4.32. The summed E-state index contributed by atoms with van der Waals surface area (Å²) in [4.78, 5) is 0. The van der Waals surface area contributed by atoms with Gasteiger partial charge in [0.05, 0.1) is 0 Å². The number of hydrogen-bond donors (Lipinski definition) is 1. The summed E-state index contributed by atoms with van der Waals surface area (Å²) in [6.45, 7) is 3.71. The maximum atomic E-state index is 3.62. The van der Waals surface area contributed by atoms with Gasteiger partial charge in [-0.3, -0.25) is 0 Å². The van der Waals surface area contributed by atoms with Crippen LogP contribution in [0.1, 0.15) is 39.0 Å². The molecular weight excluding hydrogens is 122 g/mol. The molecule has 1 aliphatic carbocycles. The van der Waals surface area contributed by atoms with E-state index < -0.39 is 0 Å². The normalized spacial score (nSPS) is 47.1. The highest BCUT2D eigenvalue weighted by molar-refractivity contribution is 4.89. The lowest BCUT2D eigenvalue weighted by molar-refractivity contribution is 0.220. The van der Waals surface area contributed by atoms with Crippen molar-refractivity contribution in [1.82, 2.24) is 5.32 Å². The van der Waals surface area contributed by atoms with Crippen molar-refractivity contribution in [3.63, 3.8) is 0 Å². The highest BCUT2D eigenvalue weighted by atomic mass is 14.9. The Balaban J connectivity index is 2.11. The second kappa shape index (κ2) is 2.23. The molecule has 0 aromatic carbocycles. The Kier molecular flexibility index (Phi) is 1.48. The van der Waals surface area contributed by atoms with E-state index in [1.807, 2.05) is 0 Å². The van der Waals surface area contributed by atoms with E-state index in [0.29, 0.717) is 5.41 Å². The van der Waals surface area contributed by atoms with Crippen LogP contribution in [0.15, 0.2) is 0 Å². The minimum atomic E-state index is 0.660. The summed E-state index contributed by atoms with van der Waals surface area (Å²) in [7, 11) is 0. The van der Waals surface area contributed by atoms with E-state index in [1.165, 1.54) is 38.6 Å². The van der Waals surface area contributed by atoms with Crippen molar-refractivity contribution < 1.29 is 0 Å². The average Bonchev–Trinajstić information content (AvgIpc) is 2.19. The third-order valence-corrected chi connectivity index (χ3v) is 3.25. The molecule has 2 heterocycles. The number of fused-ring (bicyclic) bond motifs is 4. The second-order valence-electron chi connectivity index (χ2n) is 4.32. The summed E-state index contributed by atoms with van der Waals surface area (Å²) in [6.07, 6.45) is 7.22. The molecule has 2 unspecified atom stereocenters. The van der Waals surface area contributed by atoms with Crippen molar-refractivity contribution in [1.29, 1.82) is 0 Å². The lowest BCUT2D eigenvalue weighted by Gasteiger charge is -2.33.